The van der Waals surface area contributed by atoms with E-state index in [4.69, 9.17) is 9.84 Å². The highest BCUT2D eigenvalue weighted by atomic mass is 16.6. The zero-order chi connectivity index (χ0) is 21.8. The van der Waals surface area contributed by atoms with Crippen molar-refractivity contribution >= 4 is 23.2 Å². The molecule has 0 fully saturated rings. The summed E-state index contributed by atoms with van der Waals surface area (Å²) in [6.07, 6.45) is 0.431. The van der Waals surface area contributed by atoms with Crippen LogP contribution in [0, 0.1) is 0 Å². The molecule has 1 amide bonds. The molecular formula is C26H27N3O2. The number of hydrogen-bond acceptors (Lipinski definition) is 4. The van der Waals surface area contributed by atoms with Crippen LogP contribution in [0.3, 0.4) is 0 Å². The molecule has 1 aliphatic rings. The van der Waals surface area contributed by atoms with Crippen LogP contribution in [0.25, 0.3) is 0 Å². The fourth-order valence-electron chi connectivity index (χ4n) is 3.65. The number of benzene rings is 3. The summed E-state index contributed by atoms with van der Waals surface area (Å²) in [5.74, 6) is 0. The summed E-state index contributed by atoms with van der Waals surface area (Å²) < 4.78 is 5.57. The van der Waals surface area contributed by atoms with Crippen molar-refractivity contribution in [3.05, 3.63) is 95.6 Å². The molecule has 158 valence electrons. The lowest BCUT2D eigenvalue weighted by molar-refractivity contribution is 0.0584. The van der Waals surface area contributed by atoms with Crippen LogP contribution in [0.2, 0.25) is 0 Å². The second kappa shape index (κ2) is 8.64. The number of fused-ring (bicyclic) bond motifs is 1. The molecule has 4 rings (SSSR count). The van der Waals surface area contributed by atoms with E-state index in [9.17, 15) is 4.79 Å². The van der Waals surface area contributed by atoms with Gasteiger partial charge in [0.1, 0.15) is 5.60 Å². The number of ether oxygens (including phenoxy) is 1. The number of hydrogen-bond donors (Lipinski definition) is 1. The van der Waals surface area contributed by atoms with Crippen LogP contribution in [0.5, 0.6) is 0 Å². The first-order valence-electron chi connectivity index (χ1n) is 10.5. The maximum Gasteiger partial charge on any atom is 0.414 e. The molecular weight excluding hydrogens is 386 g/mol. The van der Waals surface area contributed by atoms with Crippen LogP contribution in [-0.2, 0) is 11.2 Å². The van der Waals surface area contributed by atoms with Gasteiger partial charge in [-0.1, -0.05) is 66.7 Å². The lowest BCUT2D eigenvalue weighted by Gasteiger charge is -2.24. The Morgan fingerprint density at radius 1 is 0.903 bits per heavy atom. The predicted octanol–water partition coefficient (Wildman–Crippen LogP) is 5.85. The van der Waals surface area contributed by atoms with Gasteiger partial charge in [0.15, 0.2) is 0 Å². The minimum Gasteiger partial charge on any atom is -0.443 e. The van der Waals surface area contributed by atoms with E-state index >= 15 is 0 Å². The van der Waals surface area contributed by atoms with Crippen LogP contribution in [0.15, 0.2) is 84.0 Å². The monoisotopic (exact) mass is 413 g/mol. The second-order valence-corrected chi connectivity index (χ2v) is 8.49. The van der Waals surface area contributed by atoms with Crippen molar-refractivity contribution in [2.45, 2.75) is 32.8 Å². The van der Waals surface area contributed by atoms with Crippen LogP contribution >= 0.6 is 0 Å². The first kappa shape index (κ1) is 20.7. The summed E-state index contributed by atoms with van der Waals surface area (Å²) >= 11 is 0. The molecule has 0 aliphatic carbocycles. The molecule has 1 heterocycles. The molecule has 5 heteroatoms. The van der Waals surface area contributed by atoms with E-state index in [2.05, 4.69) is 5.43 Å². The van der Waals surface area contributed by atoms with Crippen molar-refractivity contribution in [1.29, 1.82) is 0 Å². The Balaban J connectivity index is 1.64. The zero-order valence-corrected chi connectivity index (χ0v) is 18.1. The topological polar surface area (TPSA) is 53.9 Å². The Morgan fingerprint density at radius 3 is 2.10 bits per heavy atom. The lowest BCUT2D eigenvalue weighted by atomic mass is 10.0. The van der Waals surface area contributed by atoms with Crippen LogP contribution < -0.4 is 10.3 Å². The van der Waals surface area contributed by atoms with Crippen LogP contribution in [0.1, 0.15) is 37.5 Å². The Kier molecular flexibility index (Phi) is 5.76. The molecule has 0 saturated heterocycles. The van der Waals surface area contributed by atoms with Crippen LogP contribution in [0.4, 0.5) is 16.2 Å². The number of carbonyl (C=O) groups excluding carboxylic acids is 1. The van der Waals surface area contributed by atoms with E-state index in [1.54, 1.807) is 4.90 Å². The molecule has 3 aromatic rings. The van der Waals surface area contributed by atoms with Gasteiger partial charge in [0.25, 0.3) is 0 Å². The standard InChI is InChI=1S/C26H27N3O2/c1-26(2,3)31-25(30)29-18-17-21-22(15-10-16-23(21)29)27-28-24(19-11-6-4-7-12-19)20-13-8-5-9-14-20/h4-16,27H,17-18H2,1-3H3. The summed E-state index contributed by atoms with van der Waals surface area (Å²) in [4.78, 5) is 14.3. The predicted molar refractivity (Wildman–Crippen MR) is 126 cm³/mol. The molecule has 31 heavy (non-hydrogen) atoms. The van der Waals surface area contributed by atoms with E-state index in [1.807, 2.05) is 99.6 Å². The number of amides is 1. The van der Waals surface area contributed by atoms with Gasteiger partial charge in [-0.15, -0.1) is 0 Å². The highest BCUT2D eigenvalue weighted by Crippen LogP contribution is 2.34. The van der Waals surface area contributed by atoms with E-state index in [0.717, 1.165) is 40.2 Å². The smallest absolute Gasteiger partial charge is 0.414 e. The summed E-state index contributed by atoms with van der Waals surface area (Å²) in [5.41, 5.74) is 8.49. The van der Waals surface area contributed by atoms with E-state index in [0.29, 0.717) is 6.54 Å². The highest BCUT2D eigenvalue weighted by Gasteiger charge is 2.30. The second-order valence-electron chi connectivity index (χ2n) is 8.49. The molecule has 0 spiro atoms. The third-order valence-electron chi connectivity index (χ3n) is 5.02. The fourth-order valence-corrected chi connectivity index (χ4v) is 3.65. The summed E-state index contributed by atoms with van der Waals surface area (Å²) in [6, 6.07) is 26.1. The molecule has 0 radical (unpaired) electrons. The summed E-state index contributed by atoms with van der Waals surface area (Å²) in [6.45, 7) is 6.23. The minimum atomic E-state index is -0.528. The molecule has 0 unspecified atom stereocenters. The molecule has 1 N–H and O–H groups in total. The normalized spacial score (nSPS) is 12.8. The number of nitrogens with zero attached hydrogens (tertiary/aromatic N) is 2. The number of hydrazone groups is 1. The Hall–Kier alpha value is -3.60. The van der Waals surface area contributed by atoms with Gasteiger partial charge in [0.2, 0.25) is 0 Å². The molecule has 3 aromatic carbocycles. The SMILES string of the molecule is CC(C)(C)OC(=O)N1CCc2c(NN=C(c3ccccc3)c3ccccc3)cccc21. The van der Waals surface area contributed by atoms with E-state index in [1.165, 1.54) is 0 Å². The van der Waals surface area contributed by atoms with Gasteiger partial charge in [-0.2, -0.15) is 5.10 Å². The molecule has 0 saturated carbocycles. The molecule has 1 aliphatic heterocycles. The average Bonchev–Trinajstić information content (AvgIpc) is 3.19. The third-order valence-corrected chi connectivity index (χ3v) is 5.02. The van der Waals surface area contributed by atoms with E-state index in [-0.39, 0.29) is 6.09 Å². The van der Waals surface area contributed by atoms with Gasteiger partial charge in [0.05, 0.1) is 17.1 Å². The van der Waals surface area contributed by atoms with Crippen molar-refractivity contribution in [1.82, 2.24) is 0 Å². The maximum absolute atomic E-state index is 12.6. The maximum atomic E-state index is 12.6. The minimum absolute atomic E-state index is 0.318. The largest absolute Gasteiger partial charge is 0.443 e. The van der Waals surface area contributed by atoms with Crippen molar-refractivity contribution < 1.29 is 9.53 Å². The molecule has 0 atom stereocenters. The Bertz CT molecular complexity index is 1050. The summed E-state index contributed by atoms with van der Waals surface area (Å²) in [5, 5.41) is 4.77. The van der Waals surface area contributed by atoms with Gasteiger partial charge in [0, 0.05) is 23.2 Å². The number of nitrogens with one attached hydrogen (secondary N) is 1. The van der Waals surface area contributed by atoms with Crippen molar-refractivity contribution in [3.8, 4) is 0 Å². The lowest BCUT2D eigenvalue weighted by Crippen LogP contribution is -2.35. The third kappa shape index (κ3) is 4.77. The van der Waals surface area contributed by atoms with Crippen molar-refractivity contribution in [3.63, 3.8) is 0 Å². The first-order chi connectivity index (χ1) is 14.9. The zero-order valence-electron chi connectivity index (χ0n) is 18.1. The Morgan fingerprint density at radius 2 is 1.52 bits per heavy atom. The fraction of sp³-hybridized carbons (Fsp3) is 0.231. The van der Waals surface area contributed by atoms with Gasteiger partial charge in [-0.25, -0.2) is 4.79 Å². The highest BCUT2D eigenvalue weighted by molar-refractivity contribution is 6.13. The Labute approximate surface area is 183 Å². The number of carbonyl (C=O) groups is 1. The van der Waals surface area contributed by atoms with Gasteiger partial charge in [-0.3, -0.25) is 10.3 Å². The quantitative estimate of drug-likeness (QED) is 0.431. The van der Waals surface area contributed by atoms with Gasteiger partial charge >= 0.3 is 6.09 Å². The molecule has 0 bridgehead atoms. The molecule has 5 nitrogen and oxygen atoms in total. The van der Waals surface area contributed by atoms with Crippen molar-refractivity contribution in [2.24, 2.45) is 5.10 Å². The average molecular weight is 414 g/mol. The first-order valence-corrected chi connectivity index (χ1v) is 10.5. The van der Waals surface area contributed by atoms with Crippen LogP contribution in [-0.4, -0.2) is 24.0 Å². The van der Waals surface area contributed by atoms with Crippen molar-refractivity contribution in [2.75, 3.05) is 16.9 Å². The number of rotatable bonds is 4. The summed E-state index contributed by atoms with van der Waals surface area (Å²) in [7, 11) is 0. The van der Waals surface area contributed by atoms with Gasteiger partial charge in [-0.05, 0) is 39.3 Å². The van der Waals surface area contributed by atoms with E-state index < -0.39 is 5.60 Å². The van der Waals surface area contributed by atoms with Gasteiger partial charge < -0.3 is 4.74 Å². The number of anilines is 2. The molecule has 0 aromatic heterocycles.